The Balaban J connectivity index is 0.00000280. The Hall–Kier alpha value is -2.11. The lowest BCUT2D eigenvalue weighted by molar-refractivity contribution is -0.135. The van der Waals surface area contributed by atoms with Gasteiger partial charge in [0.15, 0.2) is 0 Å². The van der Waals surface area contributed by atoms with Gasteiger partial charge in [0.1, 0.15) is 11.6 Å². The summed E-state index contributed by atoms with van der Waals surface area (Å²) in [4.78, 5) is 15.0. The maximum absolute atomic E-state index is 13.4. The van der Waals surface area contributed by atoms with E-state index in [4.69, 9.17) is 4.74 Å². The number of carbonyl (C=O) groups excluding carboxylic acids is 1. The Morgan fingerprint density at radius 2 is 2.07 bits per heavy atom. The quantitative estimate of drug-likeness (QED) is 0.788. The van der Waals surface area contributed by atoms with Gasteiger partial charge in [0, 0.05) is 31.6 Å². The topological polar surface area (TPSA) is 41.6 Å². The van der Waals surface area contributed by atoms with Crippen molar-refractivity contribution in [1.29, 1.82) is 0 Å². The van der Waals surface area contributed by atoms with Gasteiger partial charge in [-0.3, -0.25) is 4.79 Å². The first kappa shape index (κ1) is 22.2. The molecular formula is C22H28ClFN2O2. The molecule has 2 aromatic rings. The van der Waals surface area contributed by atoms with E-state index in [0.29, 0.717) is 25.9 Å². The number of para-hydroxylation sites is 1. The number of piperazine rings is 1. The van der Waals surface area contributed by atoms with Crippen molar-refractivity contribution in [2.45, 2.75) is 25.8 Å². The molecule has 1 amide bonds. The molecule has 2 unspecified atom stereocenters. The van der Waals surface area contributed by atoms with Crippen LogP contribution in [0.25, 0.3) is 0 Å². The summed E-state index contributed by atoms with van der Waals surface area (Å²) in [7, 11) is 1.66. The number of ether oxygens (including phenoxy) is 1. The molecule has 0 spiro atoms. The van der Waals surface area contributed by atoms with E-state index in [-0.39, 0.29) is 36.1 Å². The number of carbonyl (C=O) groups is 1. The molecule has 3 rings (SSSR count). The fourth-order valence-electron chi connectivity index (χ4n) is 3.78. The van der Waals surface area contributed by atoms with E-state index in [2.05, 4.69) is 5.32 Å². The molecule has 0 aliphatic carbocycles. The monoisotopic (exact) mass is 406 g/mol. The summed E-state index contributed by atoms with van der Waals surface area (Å²) in [6.45, 7) is 4.22. The molecule has 0 saturated carbocycles. The van der Waals surface area contributed by atoms with Gasteiger partial charge in [0.25, 0.3) is 0 Å². The van der Waals surface area contributed by atoms with Crippen LogP contribution in [0.4, 0.5) is 4.39 Å². The van der Waals surface area contributed by atoms with Crippen LogP contribution in [0.1, 0.15) is 30.5 Å². The number of nitrogens with one attached hydrogen (secondary N) is 1. The van der Waals surface area contributed by atoms with E-state index in [1.54, 1.807) is 19.2 Å². The minimum absolute atomic E-state index is 0. The fraction of sp³-hybridized carbons (Fsp3) is 0.409. The summed E-state index contributed by atoms with van der Waals surface area (Å²) in [5.41, 5.74) is 1.95. The van der Waals surface area contributed by atoms with Crippen LogP contribution in [-0.2, 0) is 11.2 Å². The van der Waals surface area contributed by atoms with Crippen LogP contribution in [0.3, 0.4) is 0 Å². The van der Waals surface area contributed by atoms with Crippen LogP contribution in [0.5, 0.6) is 5.75 Å². The first-order valence-corrected chi connectivity index (χ1v) is 9.46. The number of nitrogens with zero attached hydrogens (tertiary/aromatic N) is 1. The second-order valence-corrected chi connectivity index (χ2v) is 7.19. The summed E-state index contributed by atoms with van der Waals surface area (Å²) in [5, 5.41) is 3.38. The molecular weight excluding hydrogens is 379 g/mol. The Morgan fingerprint density at radius 1 is 1.29 bits per heavy atom. The van der Waals surface area contributed by atoms with Crippen molar-refractivity contribution >= 4 is 18.3 Å². The molecule has 0 radical (unpaired) electrons. The van der Waals surface area contributed by atoms with E-state index in [0.717, 1.165) is 23.4 Å². The molecule has 152 valence electrons. The molecule has 0 aromatic heterocycles. The average Bonchev–Trinajstić information content (AvgIpc) is 2.67. The van der Waals surface area contributed by atoms with Gasteiger partial charge < -0.3 is 15.0 Å². The number of methoxy groups -OCH3 is 1. The van der Waals surface area contributed by atoms with Crippen LogP contribution in [-0.4, -0.2) is 37.6 Å². The number of halogens is 2. The number of rotatable bonds is 6. The highest BCUT2D eigenvalue weighted by atomic mass is 35.5. The van der Waals surface area contributed by atoms with Crippen molar-refractivity contribution in [2.75, 3.05) is 26.7 Å². The van der Waals surface area contributed by atoms with Crippen molar-refractivity contribution in [3.05, 3.63) is 65.5 Å². The second-order valence-electron chi connectivity index (χ2n) is 7.19. The largest absolute Gasteiger partial charge is 0.496 e. The van der Waals surface area contributed by atoms with Gasteiger partial charge in [-0.25, -0.2) is 4.39 Å². The van der Waals surface area contributed by atoms with E-state index < -0.39 is 0 Å². The summed E-state index contributed by atoms with van der Waals surface area (Å²) < 4.78 is 18.9. The summed E-state index contributed by atoms with van der Waals surface area (Å²) in [6, 6.07) is 14.4. The number of hydrogen-bond donors (Lipinski definition) is 1. The Bertz CT molecular complexity index is 787. The van der Waals surface area contributed by atoms with Gasteiger partial charge in [0.05, 0.1) is 13.2 Å². The molecule has 1 saturated heterocycles. The molecule has 2 aromatic carbocycles. The van der Waals surface area contributed by atoms with Gasteiger partial charge in [-0.2, -0.15) is 0 Å². The van der Waals surface area contributed by atoms with Gasteiger partial charge in [-0.05, 0) is 36.1 Å². The van der Waals surface area contributed by atoms with Crippen LogP contribution in [0.15, 0.2) is 48.5 Å². The predicted octanol–water partition coefficient (Wildman–Crippen LogP) is 4.00. The molecule has 1 heterocycles. The zero-order valence-electron chi connectivity index (χ0n) is 16.4. The molecule has 4 nitrogen and oxygen atoms in total. The van der Waals surface area contributed by atoms with Crippen LogP contribution >= 0.6 is 12.4 Å². The van der Waals surface area contributed by atoms with Gasteiger partial charge in [-0.15, -0.1) is 12.4 Å². The Morgan fingerprint density at radius 3 is 2.82 bits per heavy atom. The van der Waals surface area contributed by atoms with Crippen molar-refractivity contribution in [1.82, 2.24) is 10.2 Å². The first-order valence-electron chi connectivity index (χ1n) is 9.46. The maximum Gasteiger partial charge on any atom is 0.223 e. The van der Waals surface area contributed by atoms with E-state index in [1.165, 1.54) is 6.07 Å². The number of hydrogen-bond acceptors (Lipinski definition) is 3. The highest BCUT2D eigenvalue weighted by Gasteiger charge is 2.30. The maximum atomic E-state index is 13.4. The van der Waals surface area contributed by atoms with Crippen molar-refractivity contribution in [3.63, 3.8) is 0 Å². The zero-order chi connectivity index (χ0) is 19.2. The van der Waals surface area contributed by atoms with Crippen molar-refractivity contribution in [2.24, 2.45) is 5.92 Å². The zero-order valence-corrected chi connectivity index (χ0v) is 17.2. The third-order valence-electron chi connectivity index (χ3n) is 5.06. The smallest absolute Gasteiger partial charge is 0.223 e. The number of benzene rings is 2. The summed E-state index contributed by atoms with van der Waals surface area (Å²) >= 11 is 0. The first-order chi connectivity index (χ1) is 13.1. The molecule has 0 bridgehead atoms. The molecule has 28 heavy (non-hydrogen) atoms. The van der Waals surface area contributed by atoms with Crippen LogP contribution in [0.2, 0.25) is 0 Å². The van der Waals surface area contributed by atoms with E-state index in [1.807, 2.05) is 42.2 Å². The van der Waals surface area contributed by atoms with Gasteiger partial charge in [0.2, 0.25) is 5.91 Å². The fourth-order valence-corrected chi connectivity index (χ4v) is 3.78. The summed E-state index contributed by atoms with van der Waals surface area (Å²) in [6.07, 6.45) is 1.14. The minimum Gasteiger partial charge on any atom is -0.496 e. The minimum atomic E-state index is -0.232. The highest BCUT2D eigenvalue weighted by Crippen LogP contribution is 2.31. The Labute approximate surface area is 172 Å². The van der Waals surface area contributed by atoms with Crippen molar-refractivity contribution in [3.8, 4) is 5.75 Å². The van der Waals surface area contributed by atoms with Crippen molar-refractivity contribution < 1.29 is 13.9 Å². The summed E-state index contributed by atoms with van der Waals surface area (Å²) in [5.74, 6) is 0.852. The standard InChI is InChI=1S/C22H27FN2O2.ClH/c1-16(12-17-6-5-7-18(23)14-17)13-22(26)25-11-10-24-15-20(25)19-8-3-4-9-21(19)27-2;/h3-9,14,16,20,24H,10-13,15H2,1-2H3;1H. The lowest BCUT2D eigenvalue weighted by atomic mass is 9.96. The third kappa shape index (κ3) is 5.46. The molecule has 1 aliphatic rings. The van der Waals surface area contributed by atoms with Gasteiger partial charge >= 0.3 is 0 Å². The predicted molar refractivity (Wildman–Crippen MR) is 111 cm³/mol. The van der Waals surface area contributed by atoms with E-state index >= 15 is 0 Å². The lowest BCUT2D eigenvalue weighted by Crippen LogP contribution is -2.49. The van der Waals surface area contributed by atoms with E-state index in [9.17, 15) is 9.18 Å². The third-order valence-corrected chi connectivity index (χ3v) is 5.06. The normalized spacial score (nSPS) is 17.5. The molecule has 1 N–H and O–H groups in total. The van der Waals surface area contributed by atoms with Crippen LogP contribution < -0.4 is 10.1 Å². The lowest BCUT2D eigenvalue weighted by Gasteiger charge is -2.37. The average molecular weight is 407 g/mol. The second kappa shape index (κ2) is 10.4. The van der Waals surface area contributed by atoms with Crippen LogP contribution in [0, 0.1) is 11.7 Å². The molecule has 2 atom stereocenters. The Kier molecular flexibility index (Phi) is 8.27. The molecule has 6 heteroatoms. The SMILES string of the molecule is COc1ccccc1C1CNCCN1C(=O)CC(C)Cc1cccc(F)c1.Cl. The molecule has 1 fully saturated rings. The highest BCUT2D eigenvalue weighted by molar-refractivity contribution is 5.85. The number of amides is 1. The molecule has 1 aliphatic heterocycles. The van der Waals surface area contributed by atoms with Gasteiger partial charge in [-0.1, -0.05) is 37.3 Å².